The summed E-state index contributed by atoms with van der Waals surface area (Å²) in [5.41, 5.74) is 3.03. The fourth-order valence-corrected chi connectivity index (χ4v) is 6.17. The largest absolute Gasteiger partial charge is 0.490 e. The van der Waals surface area contributed by atoms with E-state index in [1.807, 2.05) is 6.07 Å². The minimum absolute atomic E-state index is 0.0114. The monoisotopic (exact) mass is 424 g/mol. The van der Waals surface area contributed by atoms with Crippen LogP contribution in [0.2, 0.25) is 0 Å². The maximum Gasteiger partial charge on any atom is 0.280 e. The third-order valence-electron chi connectivity index (χ3n) is 6.33. The Morgan fingerprint density at radius 2 is 2.07 bits per heavy atom. The maximum atomic E-state index is 12.8. The van der Waals surface area contributed by atoms with Gasteiger partial charge in [0.2, 0.25) is 0 Å². The molecule has 3 heterocycles. The van der Waals surface area contributed by atoms with Gasteiger partial charge in [0.05, 0.1) is 25.3 Å². The number of nitrogens with one attached hydrogen (secondary N) is 2. The Kier molecular flexibility index (Phi) is 5.36. The van der Waals surface area contributed by atoms with E-state index in [9.17, 15) is 10.1 Å². The summed E-state index contributed by atoms with van der Waals surface area (Å²) < 4.78 is 11.6. The molecule has 2 N–H and O–H groups in total. The standard InChI is InChI=1S/C23H25N3O3S/c24-13-17-16-4-1-6-21(16)30-23(17)25-22(27)14-26-9-2-5-18(26)15-7-8-19-20(12-15)29-11-3-10-28-19/h7-8,12,18H,1-6,9-11,14H2,(H,25,27)/p+1/t18-/m0/s1. The highest BCUT2D eigenvalue weighted by molar-refractivity contribution is 7.16. The molecule has 3 aliphatic rings. The van der Waals surface area contributed by atoms with E-state index in [1.54, 1.807) is 11.3 Å². The first kappa shape index (κ1) is 19.4. The molecule has 2 atom stereocenters. The van der Waals surface area contributed by atoms with Crippen LogP contribution in [-0.4, -0.2) is 32.2 Å². The van der Waals surface area contributed by atoms with E-state index in [4.69, 9.17) is 9.47 Å². The average molecular weight is 425 g/mol. The van der Waals surface area contributed by atoms with Gasteiger partial charge in [0, 0.05) is 29.7 Å². The number of hydrogen-bond acceptors (Lipinski definition) is 5. The lowest BCUT2D eigenvalue weighted by atomic mass is 10.0. The molecular weight excluding hydrogens is 398 g/mol. The Morgan fingerprint density at radius 3 is 2.93 bits per heavy atom. The lowest BCUT2D eigenvalue weighted by Gasteiger charge is -2.22. The van der Waals surface area contributed by atoms with Crippen LogP contribution in [0.5, 0.6) is 11.5 Å². The fraction of sp³-hybridized carbons (Fsp3) is 0.478. The molecule has 0 radical (unpaired) electrons. The Hall–Kier alpha value is -2.56. The number of carbonyl (C=O) groups is 1. The summed E-state index contributed by atoms with van der Waals surface area (Å²) in [6, 6.07) is 8.78. The first-order valence-electron chi connectivity index (χ1n) is 10.8. The molecule has 1 aromatic carbocycles. The number of rotatable bonds is 4. The van der Waals surface area contributed by atoms with Gasteiger partial charge in [-0.2, -0.15) is 5.26 Å². The second kappa shape index (κ2) is 8.29. The van der Waals surface area contributed by atoms with Crippen molar-refractivity contribution in [3.8, 4) is 17.6 Å². The number of ether oxygens (including phenoxy) is 2. The summed E-state index contributed by atoms with van der Waals surface area (Å²) in [6.45, 7) is 2.74. The quantitative estimate of drug-likeness (QED) is 0.791. The number of quaternary nitrogens is 1. The molecule has 6 nitrogen and oxygen atoms in total. The zero-order valence-electron chi connectivity index (χ0n) is 17.0. The third kappa shape index (κ3) is 3.66. The van der Waals surface area contributed by atoms with Crippen LogP contribution in [0.1, 0.15) is 53.3 Å². The predicted octanol–water partition coefficient (Wildman–Crippen LogP) is 2.63. The number of hydrogen-bond donors (Lipinski definition) is 2. The van der Waals surface area contributed by atoms with Crippen molar-refractivity contribution in [1.82, 2.24) is 0 Å². The topological polar surface area (TPSA) is 75.8 Å². The zero-order chi connectivity index (χ0) is 20.5. The number of amides is 1. The summed E-state index contributed by atoms with van der Waals surface area (Å²) in [4.78, 5) is 15.4. The van der Waals surface area contributed by atoms with Gasteiger partial charge < -0.3 is 19.7 Å². The van der Waals surface area contributed by atoms with Crippen molar-refractivity contribution in [2.75, 3.05) is 31.6 Å². The van der Waals surface area contributed by atoms with E-state index >= 15 is 0 Å². The van der Waals surface area contributed by atoms with Crippen molar-refractivity contribution in [1.29, 1.82) is 5.26 Å². The summed E-state index contributed by atoms with van der Waals surface area (Å²) in [5.74, 6) is 1.61. The molecule has 30 heavy (non-hydrogen) atoms. The van der Waals surface area contributed by atoms with Crippen molar-refractivity contribution in [2.45, 2.75) is 44.6 Å². The molecule has 7 heteroatoms. The molecule has 1 amide bonds. The number of anilines is 1. The summed E-state index contributed by atoms with van der Waals surface area (Å²) in [5, 5.41) is 13.3. The van der Waals surface area contributed by atoms with E-state index in [-0.39, 0.29) is 11.9 Å². The van der Waals surface area contributed by atoms with Crippen LogP contribution in [0.25, 0.3) is 0 Å². The lowest BCUT2D eigenvalue weighted by molar-refractivity contribution is -0.910. The van der Waals surface area contributed by atoms with Crippen LogP contribution in [0.15, 0.2) is 18.2 Å². The molecule has 5 rings (SSSR count). The van der Waals surface area contributed by atoms with Crippen LogP contribution >= 0.6 is 11.3 Å². The predicted molar refractivity (Wildman–Crippen MR) is 114 cm³/mol. The molecule has 1 aromatic heterocycles. The number of nitrogens with zero attached hydrogens (tertiary/aromatic N) is 1. The van der Waals surface area contributed by atoms with Crippen LogP contribution < -0.4 is 19.7 Å². The summed E-state index contributed by atoms with van der Waals surface area (Å²) in [7, 11) is 0. The Balaban J connectivity index is 1.29. The molecule has 0 spiro atoms. The molecule has 0 saturated carbocycles. The van der Waals surface area contributed by atoms with Gasteiger partial charge in [-0.1, -0.05) is 0 Å². The van der Waals surface area contributed by atoms with Crippen molar-refractivity contribution in [3.05, 3.63) is 39.8 Å². The number of likely N-dealkylation sites (tertiary alicyclic amines) is 1. The number of carbonyl (C=O) groups excluding carboxylic acids is 1. The van der Waals surface area contributed by atoms with E-state index in [1.165, 1.54) is 15.3 Å². The van der Waals surface area contributed by atoms with Gasteiger partial charge in [-0.25, -0.2) is 0 Å². The highest BCUT2D eigenvalue weighted by Crippen LogP contribution is 2.38. The van der Waals surface area contributed by atoms with Gasteiger partial charge in [0.15, 0.2) is 18.0 Å². The second-order valence-electron chi connectivity index (χ2n) is 8.26. The molecule has 1 fully saturated rings. The van der Waals surface area contributed by atoms with Gasteiger partial charge in [0.1, 0.15) is 17.1 Å². The maximum absolute atomic E-state index is 12.8. The molecule has 2 aromatic rings. The number of fused-ring (bicyclic) bond motifs is 2. The van der Waals surface area contributed by atoms with Crippen LogP contribution in [-0.2, 0) is 17.6 Å². The molecule has 1 unspecified atom stereocenters. The van der Waals surface area contributed by atoms with Crippen molar-refractivity contribution in [2.24, 2.45) is 0 Å². The highest BCUT2D eigenvalue weighted by Gasteiger charge is 2.33. The van der Waals surface area contributed by atoms with Gasteiger partial charge in [-0.15, -0.1) is 11.3 Å². The number of aryl methyl sites for hydroxylation is 1. The minimum atomic E-state index is -0.0114. The molecular formula is C23H26N3O3S+. The van der Waals surface area contributed by atoms with Gasteiger partial charge in [-0.05, 0) is 43.0 Å². The minimum Gasteiger partial charge on any atom is -0.490 e. The summed E-state index contributed by atoms with van der Waals surface area (Å²) in [6.07, 6.45) is 6.13. The van der Waals surface area contributed by atoms with Crippen molar-refractivity contribution in [3.63, 3.8) is 0 Å². The Labute approximate surface area is 180 Å². The number of nitriles is 1. The Morgan fingerprint density at radius 1 is 1.20 bits per heavy atom. The number of thiophene rings is 1. The zero-order valence-corrected chi connectivity index (χ0v) is 17.8. The van der Waals surface area contributed by atoms with E-state index < -0.39 is 0 Å². The van der Waals surface area contributed by atoms with E-state index in [0.717, 1.165) is 67.1 Å². The van der Waals surface area contributed by atoms with Crippen LogP contribution in [0.3, 0.4) is 0 Å². The third-order valence-corrected chi connectivity index (χ3v) is 7.54. The highest BCUT2D eigenvalue weighted by atomic mass is 32.1. The fourth-order valence-electron chi connectivity index (χ4n) is 4.91. The van der Waals surface area contributed by atoms with Crippen molar-refractivity contribution >= 4 is 22.2 Å². The number of benzene rings is 1. The van der Waals surface area contributed by atoms with Gasteiger partial charge in [0.25, 0.3) is 5.91 Å². The normalized spacial score (nSPS) is 22.2. The molecule has 1 saturated heterocycles. The summed E-state index contributed by atoms with van der Waals surface area (Å²) >= 11 is 1.58. The average Bonchev–Trinajstić information content (AvgIpc) is 3.40. The van der Waals surface area contributed by atoms with Crippen LogP contribution in [0, 0.1) is 11.3 Å². The van der Waals surface area contributed by atoms with Crippen LogP contribution in [0.4, 0.5) is 5.00 Å². The van der Waals surface area contributed by atoms with E-state index in [2.05, 4.69) is 23.5 Å². The smallest absolute Gasteiger partial charge is 0.280 e. The first-order valence-corrected chi connectivity index (χ1v) is 11.6. The molecule has 1 aliphatic carbocycles. The molecule has 2 aliphatic heterocycles. The van der Waals surface area contributed by atoms with Gasteiger partial charge in [-0.3, -0.25) is 4.79 Å². The Bertz CT molecular complexity index is 1010. The first-order chi connectivity index (χ1) is 14.7. The lowest BCUT2D eigenvalue weighted by Crippen LogP contribution is -3.11. The van der Waals surface area contributed by atoms with E-state index in [0.29, 0.717) is 25.3 Å². The van der Waals surface area contributed by atoms with Crippen molar-refractivity contribution < 1.29 is 19.2 Å². The van der Waals surface area contributed by atoms with Gasteiger partial charge >= 0.3 is 0 Å². The molecule has 0 bridgehead atoms. The SMILES string of the molecule is N#Cc1c(NC(=O)C[NH+]2CCC[C@H]2c2ccc3c(c2)OCCCO3)sc2c1CCC2. The second-order valence-corrected chi connectivity index (χ2v) is 9.36. The molecule has 156 valence electrons.